The molecule has 124 valence electrons. The van der Waals surface area contributed by atoms with E-state index in [0.717, 1.165) is 41.7 Å². The van der Waals surface area contributed by atoms with Crippen molar-refractivity contribution in [3.63, 3.8) is 0 Å². The summed E-state index contributed by atoms with van der Waals surface area (Å²) in [6, 6.07) is 10.3. The predicted octanol–water partition coefficient (Wildman–Crippen LogP) is 2.89. The van der Waals surface area contributed by atoms with Gasteiger partial charge in [0.25, 0.3) is 0 Å². The number of hydrogen-bond acceptors (Lipinski definition) is 4. The molecule has 1 aromatic carbocycles. The fourth-order valence-corrected chi connectivity index (χ4v) is 3.88. The smallest absolute Gasteiger partial charge is 0.0726 e. The van der Waals surface area contributed by atoms with Crippen LogP contribution in [0.4, 0.5) is 5.69 Å². The number of nitrogens with zero attached hydrogens (tertiary/aromatic N) is 2. The number of aromatic nitrogens is 1. The van der Waals surface area contributed by atoms with E-state index < -0.39 is 11.5 Å². The molecule has 1 aliphatic rings. The number of aryl methyl sites for hydroxylation is 1. The highest BCUT2D eigenvalue weighted by Gasteiger charge is 2.42. The van der Waals surface area contributed by atoms with Crippen LogP contribution in [0.5, 0.6) is 0 Å². The van der Waals surface area contributed by atoms with Crippen molar-refractivity contribution in [3.8, 4) is 0 Å². The summed E-state index contributed by atoms with van der Waals surface area (Å²) in [7, 11) is 0. The van der Waals surface area contributed by atoms with Crippen molar-refractivity contribution >= 4 is 16.6 Å². The highest BCUT2D eigenvalue weighted by molar-refractivity contribution is 5.92. The maximum atomic E-state index is 10.5. The summed E-state index contributed by atoms with van der Waals surface area (Å²) in [5.41, 5.74) is 2.73. The second-order valence-electron chi connectivity index (χ2n) is 6.80. The lowest BCUT2D eigenvalue weighted by molar-refractivity contribution is -0.0351. The number of fused-ring (bicyclic) bond motifs is 1. The van der Waals surface area contributed by atoms with Gasteiger partial charge in [0.15, 0.2) is 0 Å². The lowest BCUT2D eigenvalue weighted by atomic mass is 9.74. The third kappa shape index (κ3) is 2.93. The molecule has 4 nitrogen and oxygen atoms in total. The standard InChI is InChI=1S/C19H26N2O2/c1-3-9-19(13-22)12-21(10-8-18(19)23)17-11-14(2)20-16-7-5-4-6-15(16)17/h4-7,11,18,22-23H,3,8-10,12-13H2,1-2H3/t18-,19-/m0/s1. The molecular weight excluding hydrogens is 288 g/mol. The van der Waals surface area contributed by atoms with Crippen LogP contribution in [0.25, 0.3) is 10.9 Å². The monoisotopic (exact) mass is 314 g/mol. The largest absolute Gasteiger partial charge is 0.396 e. The predicted molar refractivity (Wildman–Crippen MR) is 93.7 cm³/mol. The van der Waals surface area contributed by atoms with Gasteiger partial charge in [0.1, 0.15) is 0 Å². The first-order chi connectivity index (χ1) is 11.1. The molecule has 2 atom stereocenters. The SMILES string of the molecule is CCC[C@@]1(CO)CN(c2cc(C)nc3ccccc23)CC[C@@H]1O. The quantitative estimate of drug-likeness (QED) is 0.911. The van der Waals surface area contributed by atoms with Gasteiger partial charge in [-0.2, -0.15) is 0 Å². The first-order valence-electron chi connectivity index (χ1n) is 8.50. The van der Waals surface area contributed by atoms with Crippen LogP contribution >= 0.6 is 0 Å². The molecule has 0 aliphatic carbocycles. The van der Waals surface area contributed by atoms with Gasteiger partial charge in [-0.3, -0.25) is 4.98 Å². The molecule has 3 rings (SSSR count). The number of piperidine rings is 1. The van der Waals surface area contributed by atoms with Gasteiger partial charge in [0.2, 0.25) is 0 Å². The maximum absolute atomic E-state index is 10.5. The third-order valence-electron chi connectivity index (χ3n) is 5.11. The van der Waals surface area contributed by atoms with E-state index >= 15 is 0 Å². The highest BCUT2D eigenvalue weighted by Crippen LogP contribution is 2.38. The van der Waals surface area contributed by atoms with Crippen molar-refractivity contribution in [2.75, 3.05) is 24.6 Å². The van der Waals surface area contributed by atoms with Crippen molar-refractivity contribution in [1.82, 2.24) is 4.98 Å². The Morgan fingerprint density at radius 1 is 1.35 bits per heavy atom. The molecule has 0 amide bonds. The first-order valence-corrected chi connectivity index (χ1v) is 8.50. The Labute approximate surface area is 137 Å². The Morgan fingerprint density at radius 2 is 2.13 bits per heavy atom. The zero-order chi connectivity index (χ0) is 16.4. The molecule has 0 radical (unpaired) electrons. The van der Waals surface area contributed by atoms with Gasteiger partial charge in [-0.1, -0.05) is 31.5 Å². The summed E-state index contributed by atoms with van der Waals surface area (Å²) in [6.45, 7) is 5.64. The van der Waals surface area contributed by atoms with Gasteiger partial charge >= 0.3 is 0 Å². The minimum atomic E-state index is -0.433. The van der Waals surface area contributed by atoms with Crippen LogP contribution in [-0.4, -0.2) is 41.0 Å². The molecule has 0 bridgehead atoms. The number of aliphatic hydroxyl groups excluding tert-OH is 2. The molecule has 1 fully saturated rings. The molecule has 2 heterocycles. The Morgan fingerprint density at radius 3 is 2.87 bits per heavy atom. The summed E-state index contributed by atoms with van der Waals surface area (Å²) >= 11 is 0. The van der Waals surface area contributed by atoms with Crippen LogP contribution in [0.3, 0.4) is 0 Å². The van der Waals surface area contributed by atoms with Crippen LogP contribution in [-0.2, 0) is 0 Å². The normalized spacial score (nSPS) is 25.0. The Bertz CT molecular complexity index is 688. The molecule has 0 unspecified atom stereocenters. The molecule has 4 heteroatoms. The molecular formula is C19H26N2O2. The van der Waals surface area contributed by atoms with Gasteiger partial charge < -0.3 is 15.1 Å². The highest BCUT2D eigenvalue weighted by atomic mass is 16.3. The van der Waals surface area contributed by atoms with Crippen LogP contribution in [0, 0.1) is 12.3 Å². The molecule has 2 aromatic rings. The van der Waals surface area contributed by atoms with Gasteiger partial charge in [-0.25, -0.2) is 0 Å². The van der Waals surface area contributed by atoms with Crippen molar-refractivity contribution < 1.29 is 10.2 Å². The number of benzene rings is 1. The summed E-state index contributed by atoms with van der Waals surface area (Å²) < 4.78 is 0. The second kappa shape index (κ2) is 6.46. The molecule has 23 heavy (non-hydrogen) atoms. The summed E-state index contributed by atoms with van der Waals surface area (Å²) in [6.07, 6.45) is 2.05. The van der Waals surface area contributed by atoms with Crippen LogP contribution in [0.2, 0.25) is 0 Å². The summed E-state index contributed by atoms with van der Waals surface area (Å²) in [4.78, 5) is 6.93. The molecule has 2 N–H and O–H groups in total. The summed E-state index contributed by atoms with van der Waals surface area (Å²) in [5, 5.41) is 21.6. The topological polar surface area (TPSA) is 56.6 Å². The van der Waals surface area contributed by atoms with E-state index in [4.69, 9.17) is 0 Å². The number of pyridine rings is 1. The Kier molecular flexibility index (Phi) is 4.55. The van der Waals surface area contributed by atoms with Gasteiger partial charge in [0.05, 0.1) is 18.2 Å². The van der Waals surface area contributed by atoms with E-state index in [1.54, 1.807) is 0 Å². The number of hydrogen-bond donors (Lipinski definition) is 2. The number of rotatable bonds is 4. The molecule has 0 spiro atoms. The molecule has 1 aromatic heterocycles. The number of aliphatic hydroxyl groups is 2. The van der Waals surface area contributed by atoms with E-state index in [1.807, 2.05) is 25.1 Å². The first kappa shape index (κ1) is 16.2. The van der Waals surface area contributed by atoms with Crippen molar-refractivity contribution in [2.45, 2.75) is 39.2 Å². The van der Waals surface area contributed by atoms with Gasteiger partial charge in [-0.15, -0.1) is 0 Å². The zero-order valence-electron chi connectivity index (χ0n) is 14.0. The van der Waals surface area contributed by atoms with Crippen molar-refractivity contribution in [1.29, 1.82) is 0 Å². The van der Waals surface area contributed by atoms with Crippen molar-refractivity contribution in [2.24, 2.45) is 5.41 Å². The Balaban J connectivity index is 2.02. The van der Waals surface area contributed by atoms with Crippen molar-refractivity contribution in [3.05, 3.63) is 36.0 Å². The minimum Gasteiger partial charge on any atom is -0.396 e. The molecule has 0 saturated carbocycles. The average molecular weight is 314 g/mol. The minimum absolute atomic E-state index is 0.0283. The van der Waals surface area contributed by atoms with E-state index in [2.05, 4.69) is 28.9 Å². The number of para-hydroxylation sites is 1. The van der Waals surface area contributed by atoms with E-state index in [0.29, 0.717) is 13.0 Å². The van der Waals surface area contributed by atoms with E-state index in [9.17, 15) is 10.2 Å². The Hall–Kier alpha value is -1.65. The van der Waals surface area contributed by atoms with Crippen LogP contribution in [0.15, 0.2) is 30.3 Å². The van der Waals surface area contributed by atoms with Crippen LogP contribution < -0.4 is 4.90 Å². The average Bonchev–Trinajstić information content (AvgIpc) is 2.56. The number of anilines is 1. The van der Waals surface area contributed by atoms with Gasteiger partial charge in [-0.05, 0) is 31.9 Å². The summed E-state index contributed by atoms with van der Waals surface area (Å²) in [5.74, 6) is 0. The second-order valence-corrected chi connectivity index (χ2v) is 6.80. The maximum Gasteiger partial charge on any atom is 0.0726 e. The van der Waals surface area contributed by atoms with E-state index in [1.165, 1.54) is 0 Å². The van der Waals surface area contributed by atoms with E-state index in [-0.39, 0.29) is 6.61 Å². The lowest BCUT2D eigenvalue weighted by Crippen LogP contribution is -2.54. The molecule has 1 aliphatic heterocycles. The third-order valence-corrected chi connectivity index (χ3v) is 5.11. The zero-order valence-corrected chi connectivity index (χ0v) is 14.0. The lowest BCUT2D eigenvalue weighted by Gasteiger charge is -2.46. The van der Waals surface area contributed by atoms with Crippen LogP contribution in [0.1, 0.15) is 31.9 Å². The fraction of sp³-hybridized carbons (Fsp3) is 0.526. The molecule has 1 saturated heterocycles. The fourth-order valence-electron chi connectivity index (χ4n) is 3.88. The van der Waals surface area contributed by atoms with Gasteiger partial charge in [0, 0.05) is 35.3 Å².